The van der Waals surface area contributed by atoms with Gasteiger partial charge in [0.1, 0.15) is 11.5 Å². The van der Waals surface area contributed by atoms with E-state index in [2.05, 4.69) is 6.92 Å². The second kappa shape index (κ2) is 10.8. The Morgan fingerprint density at radius 3 is 2.22 bits per heavy atom. The van der Waals surface area contributed by atoms with E-state index in [1.165, 1.54) is 12.2 Å². The minimum Gasteiger partial charge on any atom is -0.497 e. The van der Waals surface area contributed by atoms with Gasteiger partial charge >= 0.3 is 5.97 Å². The van der Waals surface area contributed by atoms with E-state index in [1.54, 1.807) is 37.5 Å². The SMILES string of the molecule is CCCCC=CC(=O)Oc1ccc(C(=O)C=Cc2ccc(OC)cc2)cc1. The van der Waals surface area contributed by atoms with Crippen molar-refractivity contribution in [2.75, 3.05) is 7.11 Å². The molecule has 140 valence electrons. The van der Waals surface area contributed by atoms with Crippen LogP contribution < -0.4 is 9.47 Å². The summed E-state index contributed by atoms with van der Waals surface area (Å²) in [7, 11) is 1.61. The van der Waals surface area contributed by atoms with E-state index in [-0.39, 0.29) is 5.78 Å². The Morgan fingerprint density at radius 2 is 1.59 bits per heavy atom. The van der Waals surface area contributed by atoms with Crippen LogP contribution >= 0.6 is 0 Å². The molecular weight excluding hydrogens is 340 g/mol. The molecule has 0 aliphatic rings. The Labute approximate surface area is 160 Å². The number of allylic oxidation sites excluding steroid dienone is 2. The van der Waals surface area contributed by atoms with Crippen molar-refractivity contribution < 1.29 is 19.1 Å². The molecule has 0 saturated carbocycles. The number of benzene rings is 2. The highest BCUT2D eigenvalue weighted by Crippen LogP contribution is 2.15. The van der Waals surface area contributed by atoms with Crippen LogP contribution in [0, 0.1) is 0 Å². The summed E-state index contributed by atoms with van der Waals surface area (Å²) < 4.78 is 10.3. The van der Waals surface area contributed by atoms with Crippen LogP contribution in [0.15, 0.2) is 66.8 Å². The molecule has 0 bridgehead atoms. The summed E-state index contributed by atoms with van der Waals surface area (Å²) in [5.41, 5.74) is 1.43. The molecule has 0 aliphatic heterocycles. The van der Waals surface area contributed by atoms with Gasteiger partial charge in [-0.25, -0.2) is 4.79 Å². The first-order chi connectivity index (χ1) is 13.1. The molecule has 0 aromatic heterocycles. The van der Waals surface area contributed by atoms with E-state index >= 15 is 0 Å². The Hall–Kier alpha value is -3.14. The van der Waals surface area contributed by atoms with Crippen molar-refractivity contribution >= 4 is 17.8 Å². The number of carbonyl (C=O) groups is 2. The molecule has 0 spiro atoms. The van der Waals surface area contributed by atoms with Gasteiger partial charge < -0.3 is 9.47 Å². The molecule has 0 heterocycles. The van der Waals surface area contributed by atoms with Crippen LogP contribution in [0.4, 0.5) is 0 Å². The average molecular weight is 364 g/mol. The van der Waals surface area contributed by atoms with E-state index in [9.17, 15) is 9.59 Å². The van der Waals surface area contributed by atoms with E-state index in [4.69, 9.17) is 9.47 Å². The molecule has 0 aliphatic carbocycles. The highest BCUT2D eigenvalue weighted by atomic mass is 16.5. The highest BCUT2D eigenvalue weighted by molar-refractivity contribution is 6.06. The van der Waals surface area contributed by atoms with Crippen molar-refractivity contribution in [2.24, 2.45) is 0 Å². The molecule has 0 radical (unpaired) electrons. The first kappa shape index (κ1) is 20.2. The summed E-state index contributed by atoms with van der Waals surface area (Å²) in [5.74, 6) is 0.646. The zero-order chi connectivity index (χ0) is 19.5. The molecule has 0 amide bonds. The van der Waals surface area contributed by atoms with E-state index < -0.39 is 5.97 Å². The quantitative estimate of drug-likeness (QED) is 0.201. The van der Waals surface area contributed by atoms with Gasteiger partial charge in [-0.15, -0.1) is 0 Å². The van der Waals surface area contributed by atoms with Crippen LogP contribution in [0.3, 0.4) is 0 Å². The Morgan fingerprint density at radius 1 is 0.926 bits per heavy atom. The smallest absolute Gasteiger partial charge is 0.335 e. The summed E-state index contributed by atoms with van der Waals surface area (Å²) in [5, 5.41) is 0. The second-order valence-corrected chi connectivity index (χ2v) is 5.96. The lowest BCUT2D eigenvalue weighted by Gasteiger charge is -2.02. The maximum absolute atomic E-state index is 12.2. The molecule has 0 N–H and O–H groups in total. The molecule has 0 atom stereocenters. The number of esters is 1. The van der Waals surface area contributed by atoms with E-state index in [0.717, 1.165) is 30.6 Å². The third kappa shape index (κ3) is 6.94. The molecule has 0 unspecified atom stereocenters. The third-order valence-electron chi connectivity index (χ3n) is 3.88. The average Bonchev–Trinajstić information content (AvgIpc) is 2.70. The summed E-state index contributed by atoms with van der Waals surface area (Å²) in [6, 6.07) is 13.9. The monoisotopic (exact) mass is 364 g/mol. The molecule has 4 nitrogen and oxygen atoms in total. The van der Waals surface area contributed by atoms with Gasteiger partial charge in [-0.2, -0.15) is 0 Å². The zero-order valence-corrected chi connectivity index (χ0v) is 15.7. The predicted octanol–water partition coefficient (Wildman–Crippen LogP) is 5.24. The fourth-order valence-corrected chi connectivity index (χ4v) is 2.32. The Bertz CT molecular complexity index is 799. The number of hydrogen-bond acceptors (Lipinski definition) is 4. The van der Waals surface area contributed by atoms with Crippen LogP contribution in [0.25, 0.3) is 6.08 Å². The van der Waals surface area contributed by atoms with Gasteiger partial charge in [-0.3, -0.25) is 4.79 Å². The molecule has 0 fully saturated rings. The summed E-state index contributed by atoms with van der Waals surface area (Å²) in [4.78, 5) is 24.0. The van der Waals surface area contributed by atoms with Gasteiger partial charge in [0.25, 0.3) is 0 Å². The molecule has 2 aromatic rings. The van der Waals surface area contributed by atoms with Crippen molar-refractivity contribution in [3.63, 3.8) is 0 Å². The molecular formula is C23H24O4. The van der Waals surface area contributed by atoms with Crippen molar-refractivity contribution in [3.05, 3.63) is 77.9 Å². The first-order valence-corrected chi connectivity index (χ1v) is 8.97. The lowest BCUT2D eigenvalue weighted by molar-refractivity contribution is -0.129. The second-order valence-electron chi connectivity index (χ2n) is 5.96. The maximum atomic E-state index is 12.2. The van der Waals surface area contributed by atoms with Gasteiger partial charge in [0.05, 0.1) is 7.11 Å². The van der Waals surface area contributed by atoms with Gasteiger partial charge in [0, 0.05) is 11.6 Å². The number of rotatable bonds is 9. The van der Waals surface area contributed by atoms with Gasteiger partial charge in [0.2, 0.25) is 0 Å². The largest absolute Gasteiger partial charge is 0.497 e. The predicted molar refractivity (Wildman–Crippen MR) is 107 cm³/mol. The fraction of sp³-hybridized carbons (Fsp3) is 0.217. The minimum absolute atomic E-state index is 0.122. The summed E-state index contributed by atoms with van der Waals surface area (Å²) in [6.07, 6.45) is 9.50. The van der Waals surface area contributed by atoms with Crippen LogP contribution in [-0.2, 0) is 4.79 Å². The third-order valence-corrected chi connectivity index (χ3v) is 3.88. The van der Waals surface area contributed by atoms with Crippen molar-refractivity contribution in [1.82, 2.24) is 0 Å². The lowest BCUT2D eigenvalue weighted by Crippen LogP contribution is -2.04. The van der Waals surface area contributed by atoms with Crippen LogP contribution in [-0.4, -0.2) is 18.9 Å². The van der Waals surface area contributed by atoms with Crippen molar-refractivity contribution in [1.29, 1.82) is 0 Å². The molecule has 4 heteroatoms. The number of hydrogen-bond donors (Lipinski definition) is 0. The van der Waals surface area contributed by atoms with Gasteiger partial charge in [-0.1, -0.05) is 44.1 Å². The normalized spacial score (nSPS) is 11.0. The minimum atomic E-state index is -0.412. The number of ether oxygens (including phenoxy) is 2. The number of carbonyl (C=O) groups excluding carboxylic acids is 2. The zero-order valence-electron chi connectivity index (χ0n) is 15.7. The van der Waals surface area contributed by atoms with E-state index in [0.29, 0.717) is 11.3 Å². The number of ketones is 1. The molecule has 2 rings (SSSR count). The standard InChI is InChI=1S/C23H24O4/c1-3-4-5-6-7-23(25)27-21-15-11-19(12-16-21)22(24)17-10-18-8-13-20(26-2)14-9-18/h6-17H,3-5H2,1-2H3. The molecule has 27 heavy (non-hydrogen) atoms. The summed E-state index contributed by atoms with van der Waals surface area (Å²) >= 11 is 0. The van der Waals surface area contributed by atoms with Crippen molar-refractivity contribution in [2.45, 2.75) is 26.2 Å². The molecule has 0 saturated heterocycles. The highest BCUT2D eigenvalue weighted by Gasteiger charge is 2.04. The van der Waals surface area contributed by atoms with E-state index in [1.807, 2.05) is 30.3 Å². The Kier molecular flexibility index (Phi) is 8.04. The first-order valence-electron chi connectivity index (χ1n) is 8.97. The maximum Gasteiger partial charge on any atom is 0.335 e. The van der Waals surface area contributed by atoms with Gasteiger partial charge in [0.15, 0.2) is 5.78 Å². The van der Waals surface area contributed by atoms with Crippen LogP contribution in [0.1, 0.15) is 42.1 Å². The van der Waals surface area contributed by atoms with Gasteiger partial charge in [-0.05, 0) is 54.5 Å². The summed E-state index contributed by atoms with van der Waals surface area (Å²) in [6.45, 7) is 2.10. The number of methoxy groups -OCH3 is 1. The topological polar surface area (TPSA) is 52.6 Å². The van der Waals surface area contributed by atoms with Crippen LogP contribution in [0.5, 0.6) is 11.5 Å². The molecule has 2 aromatic carbocycles. The number of unbranched alkanes of at least 4 members (excludes halogenated alkanes) is 2. The fourth-order valence-electron chi connectivity index (χ4n) is 2.32. The lowest BCUT2D eigenvalue weighted by atomic mass is 10.1. The Balaban J connectivity index is 1.91. The van der Waals surface area contributed by atoms with Crippen molar-refractivity contribution in [3.8, 4) is 11.5 Å². The van der Waals surface area contributed by atoms with Crippen LogP contribution in [0.2, 0.25) is 0 Å².